The Morgan fingerprint density at radius 2 is 1.44 bits per heavy atom. The van der Waals surface area contributed by atoms with E-state index in [1.54, 1.807) is 18.2 Å². The molecule has 0 amide bonds. The molecule has 0 unspecified atom stereocenters. The molecule has 6 heteroatoms. The Labute approximate surface area is 162 Å². The van der Waals surface area contributed by atoms with Gasteiger partial charge in [-0.05, 0) is 25.1 Å². The summed E-state index contributed by atoms with van der Waals surface area (Å²) in [5.74, 6) is -0.558. The first-order valence-corrected chi connectivity index (χ1v) is 10.2. The van der Waals surface area contributed by atoms with Crippen LogP contribution in [0, 0.1) is 0 Å². The lowest BCUT2D eigenvalue weighted by Gasteiger charge is -2.22. The molecule has 1 aromatic heterocycles. The van der Waals surface area contributed by atoms with Gasteiger partial charge in [-0.15, -0.1) is 0 Å². The Kier molecular flexibility index (Phi) is 9.84. The number of hydrogen-bond donors (Lipinski definition) is 0. The van der Waals surface area contributed by atoms with Crippen LogP contribution >= 0.6 is 0 Å². The molecule has 1 aliphatic heterocycles. The van der Waals surface area contributed by atoms with Gasteiger partial charge in [0, 0.05) is 13.1 Å². The van der Waals surface area contributed by atoms with Gasteiger partial charge in [-0.2, -0.15) is 0 Å². The van der Waals surface area contributed by atoms with E-state index in [1.165, 1.54) is 32.1 Å². The number of pyridine rings is 1. The van der Waals surface area contributed by atoms with E-state index in [1.807, 2.05) is 0 Å². The number of carbonyl (C=O) groups excluding carboxylic acids is 2. The van der Waals surface area contributed by atoms with E-state index < -0.39 is 0 Å². The van der Waals surface area contributed by atoms with Crippen LogP contribution in [0.2, 0.25) is 0 Å². The fraction of sp³-hybridized carbons (Fsp3) is 0.667. The largest absolute Gasteiger partial charge is 0.464 e. The Balaban J connectivity index is 1.85. The Hall–Kier alpha value is -1.95. The summed E-state index contributed by atoms with van der Waals surface area (Å²) in [6.07, 6.45) is 7.67. The van der Waals surface area contributed by atoms with Gasteiger partial charge in [0.25, 0.3) is 0 Å². The van der Waals surface area contributed by atoms with Crippen molar-refractivity contribution in [3.05, 3.63) is 29.6 Å². The third kappa shape index (κ3) is 9.00. The Morgan fingerprint density at radius 3 is 2.04 bits per heavy atom. The van der Waals surface area contributed by atoms with Gasteiger partial charge in [0.05, 0.1) is 24.2 Å². The highest BCUT2D eigenvalue weighted by molar-refractivity contribution is 5.73. The smallest absolute Gasteiger partial charge is 0.311 e. The van der Waals surface area contributed by atoms with E-state index >= 15 is 0 Å². The number of hydrogen-bond acceptors (Lipinski definition) is 6. The van der Waals surface area contributed by atoms with Crippen LogP contribution < -0.4 is 0 Å². The number of rotatable bonds is 7. The summed E-state index contributed by atoms with van der Waals surface area (Å²) < 4.78 is 10.7. The predicted octanol–water partition coefficient (Wildman–Crippen LogP) is 2.93. The van der Waals surface area contributed by atoms with E-state index in [4.69, 9.17) is 9.47 Å². The van der Waals surface area contributed by atoms with Crippen molar-refractivity contribution in [2.24, 2.45) is 0 Å². The van der Waals surface area contributed by atoms with E-state index in [0.29, 0.717) is 37.7 Å². The molecule has 0 atom stereocenters. The molecule has 0 aliphatic carbocycles. The average molecular weight is 376 g/mol. The van der Waals surface area contributed by atoms with Crippen molar-refractivity contribution in [1.29, 1.82) is 0 Å². The summed E-state index contributed by atoms with van der Waals surface area (Å²) in [6.45, 7) is 5.17. The number of nitrogens with zero attached hydrogens (tertiary/aromatic N) is 2. The first kappa shape index (κ1) is 21.4. The highest BCUT2D eigenvalue weighted by Crippen LogP contribution is 2.07. The first-order valence-electron chi connectivity index (χ1n) is 10.2. The van der Waals surface area contributed by atoms with Gasteiger partial charge >= 0.3 is 11.9 Å². The average Bonchev–Trinajstić information content (AvgIpc) is 2.63. The minimum atomic E-state index is -0.279. The van der Waals surface area contributed by atoms with E-state index in [9.17, 15) is 9.59 Å². The van der Waals surface area contributed by atoms with E-state index in [0.717, 1.165) is 13.0 Å². The van der Waals surface area contributed by atoms with Crippen molar-refractivity contribution in [2.75, 3.05) is 32.8 Å². The lowest BCUT2D eigenvalue weighted by molar-refractivity contribution is -0.143. The second kappa shape index (κ2) is 12.4. The summed E-state index contributed by atoms with van der Waals surface area (Å²) in [5, 5.41) is 0. The molecule has 150 valence electrons. The normalized spacial score (nSPS) is 17.1. The number of ether oxygens (including phenoxy) is 2. The van der Waals surface area contributed by atoms with Gasteiger partial charge in [-0.25, -0.2) is 0 Å². The third-order valence-electron chi connectivity index (χ3n) is 4.68. The molecule has 2 heterocycles. The number of carbonyl (C=O) groups is 2. The SMILES string of the molecule is CCCCCCCCN1CCOC(=O)Cc2cccc(n2)CC(=O)OCC1. The van der Waals surface area contributed by atoms with Crippen molar-refractivity contribution in [3.8, 4) is 0 Å². The van der Waals surface area contributed by atoms with Gasteiger partial charge in [0.2, 0.25) is 0 Å². The number of aromatic nitrogens is 1. The number of fused-ring (bicyclic) bond motifs is 2. The zero-order chi connectivity index (χ0) is 19.3. The zero-order valence-electron chi connectivity index (χ0n) is 16.5. The molecule has 0 N–H and O–H groups in total. The monoisotopic (exact) mass is 376 g/mol. The minimum Gasteiger partial charge on any atom is -0.464 e. The standard InChI is InChI=1S/C21H32N2O4/c1-2-3-4-5-6-7-11-23-12-14-26-20(24)16-18-9-8-10-19(22-18)17-21(25)27-15-13-23/h8-10H,2-7,11-17H2,1H3. The van der Waals surface area contributed by atoms with Gasteiger partial charge in [0.1, 0.15) is 13.2 Å². The number of esters is 2. The molecule has 0 saturated carbocycles. The minimum absolute atomic E-state index is 0.125. The number of unbranched alkanes of at least 4 members (excludes halogenated alkanes) is 5. The summed E-state index contributed by atoms with van der Waals surface area (Å²) >= 11 is 0. The molecule has 0 spiro atoms. The third-order valence-corrected chi connectivity index (χ3v) is 4.68. The van der Waals surface area contributed by atoms with Gasteiger partial charge in [0.15, 0.2) is 0 Å². The van der Waals surface area contributed by atoms with Crippen LogP contribution in [0.5, 0.6) is 0 Å². The highest BCUT2D eigenvalue weighted by Gasteiger charge is 2.13. The van der Waals surface area contributed by atoms with Gasteiger partial charge in [-0.3, -0.25) is 19.5 Å². The first-order chi connectivity index (χ1) is 13.2. The van der Waals surface area contributed by atoms with Crippen LogP contribution in [0.1, 0.15) is 56.8 Å². The zero-order valence-corrected chi connectivity index (χ0v) is 16.5. The second-order valence-corrected chi connectivity index (χ2v) is 7.02. The van der Waals surface area contributed by atoms with Gasteiger partial charge in [-0.1, -0.05) is 45.1 Å². The lowest BCUT2D eigenvalue weighted by atomic mass is 10.1. The predicted molar refractivity (Wildman–Crippen MR) is 103 cm³/mol. The quantitative estimate of drug-likeness (QED) is 0.538. The number of cyclic esters (lactones) is 2. The fourth-order valence-electron chi connectivity index (χ4n) is 3.15. The van der Waals surface area contributed by atoms with Crippen LogP contribution in [-0.4, -0.2) is 54.7 Å². The summed E-state index contributed by atoms with van der Waals surface area (Å²) in [5.41, 5.74) is 1.23. The van der Waals surface area contributed by atoms with Crippen molar-refractivity contribution in [1.82, 2.24) is 9.88 Å². The Bertz CT molecular complexity index is 552. The highest BCUT2D eigenvalue weighted by atomic mass is 16.5. The summed E-state index contributed by atoms with van der Waals surface area (Å²) in [7, 11) is 0. The molecular weight excluding hydrogens is 344 g/mol. The van der Waals surface area contributed by atoms with Crippen molar-refractivity contribution < 1.29 is 19.1 Å². The van der Waals surface area contributed by atoms with E-state index in [2.05, 4.69) is 16.8 Å². The van der Waals surface area contributed by atoms with E-state index in [-0.39, 0.29) is 24.8 Å². The second-order valence-electron chi connectivity index (χ2n) is 7.02. The molecule has 27 heavy (non-hydrogen) atoms. The van der Waals surface area contributed by atoms with Crippen LogP contribution in [0.15, 0.2) is 18.2 Å². The molecule has 0 saturated heterocycles. The molecule has 0 radical (unpaired) electrons. The maximum absolute atomic E-state index is 12.0. The molecule has 2 rings (SSSR count). The molecule has 1 aliphatic rings. The van der Waals surface area contributed by atoms with Crippen molar-refractivity contribution >= 4 is 11.9 Å². The van der Waals surface area contributed by atoms with Crippen LogP contribution in [0.25, 0.3) is 0 Å². The van der Waals surface area contributed by atoms with Crippen LogP contribution in [-0.2, 0) is 31.9 Å². The molecule has 1 aromatic rings. The lowest BCUT2D eigenvalue weighted by Crippen LogP contribution is -2.33. The maximum atomic E-state index is 12.0. The fourth-order valence-corrected chi connectivity index (χ4v) is 3.15. The maximum Gasteiger partial charge on any atom is 0.311 e. The molecule has 0 fully saturated rings. The molecular formula is C21H32N2O4. The van der Waals surface area contributed by atoms with Crippen molar-refractivity contribution in [2.45, 2.75) is 58.3 Å². The van der Waals surface area contributed by atoms with Crippen LogP contribution in [0.3, 0.4) is 0 Å². The summed E-state index contributed by atoms with van der Waals surface area (Å²) in [4.78, 5) is 30.6. The molecule has 2 bridgehead atoms. The topological polar surface area (TPSA) is 68.7 Å². The van der Waals surface area contributed by atoms with Crippen LogP contribution in [0.4, 0.5) is 0 Å². The Morgan fingerprint density at radius 1 is 0.889 bits per heavy atom. The molecule has 0 aromatic carbocycles. The van der Waals surface area contributed by atoms with Gasteiger partial charge < -0.3 is 9.47 Å². The summed E-state index contributed by atoms with van der Waals surface area (Å²) in [6, 6.07) is 5.34. The van der Waals surface area contributed by atoms with Crippen molar-refractivity contribution in [3.63, 3.8) is 0 Å². The molecule has 6 nitrogen and oxygen atoms in total.